The number of benzene rings is 2. The Kier molecular flexibility index (Phi) is 3.35. The summed E-state index contributed by atoms with van der Waals surface area (Å²) < 4.78 is 1.90. The monoisotopic (exact) mass is 337 g/mol. The van der Waals surface area contributed by atoms with E-state index in [0.717, 1.165) is 38.6 Å². The van der Waals surface area contributed by atoms with E-state index in [-0.39, 0.29) is 0 Å². The van der Waals surface area contributed by atoms with Gasteiger partial charge in [-0.3, -0.25) is 5.10 Å². The number of nitrogens with one attached hydrogen (secondary N) is 1. The van der Waals surface area contributed by atoms with Gasteiger partial charge in [0.1, 0.15) is 0 Å². The van der Waals surface area contributed by atoms with E-state index in [1.807, 2.05) is 47.5 Å². The van der Waals surface area contributed by atoms with Gasteiger partial charge in [-0.2, -0.15) is 10.2 Å². The third-order valence-electron chi connectivity index (χ3n) is 4.47. The summed E-state index contributed by atoms with van der Waals surface area (Å²) in [6.07, 6.45) is 9.54. The molecule has 0 atom stereocenters. The fourth-order valence-corrected chi connectivity index (χ4v) is 3.15. The quantitative estimate of drug-likeness (QED) is 0.523. The molecule has 0 spiro atoms. The third kappa shape index (κ3) is 2.46. The van der Waals surface area contributed by atoms with Gasteiger partial charge >= 0.3 is 0 Å². The maximum absolute atomic E-state index is 4.50. The number of H-pyrrole nitrogens is 1. The zero-order valence-electron chi connectivity index (χ0n) is 13.9. The Morgan fingerprint density at radius 2 is 1.88 bits per heavy atom. The number of rotatable bonds is 3. The number of aromatic nitrogens is 5. The van der Waals surface area contributed by atoms with Gasteiger partial charge in [-0.05, 0) is 34.9 Å². The Balaban J connectivity index is 1.61. The molecule has 0 aliphatic carbocycles. The molecule has 124 valence electrons. The topological polar surface area (TPSA) is 59.4 Å². The van der Waals surface area contributed by atoms with Gasteiger partial charge in [0.25, 0.3) is 0 Å². The van der Waals surface area contributed by atoms with Crippen molar-refractivity contribution in [2.24, 2.45) is 0 Å². The fourth-order valence-electron chi connectivity index (χ4n) is 3.15. The van der Waals surface area contributed by atoms with Crippen molar-refractivity contribution < 1.29 is 0 Å². The van der Waals surface area contributed by atoms with Crippen LogP contribution < -0.4 is 0 Å². The summed E-state index contributed by atoms with van der Waals surface area (Å²) in [5.74, 6) is 0. The molecule has 1 N–H and O–H groups in total. The summed E-state index contributed by atoms with van der Waals surface area (Å²) in [6.45, 7) is 0. The van der Waals surface area contributed by atoms with Crippen LogP contribution in [-0.2, 0) is 0 Å². The van der Waals surface area contributed by atoms with Crippen molar-refractivity contribution in [3.8, 4) is 11.1 Å². The molecule has 0 fully saturated rings. The van der Waals surface area contributed by atoms with Gasteiger partial charge in [0.05, 0.1) is 17.9 Å². The lowest BCUT2D eigenvalue weighted by Gasteiger charge is -2.04. The molecule has 3 aromatic heterocycles. The van der Waals surface area contributed by atoms with Crippen molar-refractivity contribution in [1.82, 2.24) is 25.0 Å². The minimum Gasteiger partial charge on any atom is -0.261 e. The van der Waals surface area contributed by atoms with E-state index in [1.165, 1.54) is 0 Å². The van der Waals surface area contributed by atoms with Gasteiger partial charge in [0.15, 0.2) is 5.65 Å². The average molecular weight is 337 g/mol. The largest absolute Gasteiger partial charge is 0.261 e. The summed E-state index contributed by atoms with van der Waals surface area (Å²) >= 11 is 0. The van der Waals surface area contributed by atoms with Crippen molar-refractivity contribution >= 4 is 34.2 Å². The molecule has 2 aromatic carbocycles. The maximum atomic E-state index is 4.50. The molecular weight excluding hydrogens is 322 g/mol. The highest BCUT2D eigenvalue weighted by molar-refractivity contribution is 5.95. The molecule has 5 aromatic rings. The smallest absolute Gasteiger partial charge is 0.155 e. The van der Waals surface area contributed by atoms with Crippen molar-refractivity contribution in [2.75, 3.05) is 0 Å². The summed E-state index contributed by atoms with van der Waals surface area (Å²) in [5, 5.41) is 13.6. The predicted molar refractivity (Wildman–Crippen MR) is 104 cm³/mol. The van der Waals surface area contributed by atoms with Gasteiger partial charge in [-0.15, -0.1) is 0 Å². The maximum Gasteiger partial charge on any atom is 0.155 e. The predicted octanol–water partition coefficient (Wildman–Crippen LogP) is 4.60. The van der Waals surface area contributed by atoms with Crippen LogP contribution in [0.2, 0.25) is 0 Å². The van der Waals surface area contributed by atoms with E-state index in [9.17, 15) is 0 Å². The Labute approximate surface area is 149 Å². The van der Waals surface area contributed by atoms with Crippen LogP contribution in [0.25, 0.3) is 45.3 Å². The highest BCUT2D eigenvalue weighted by Gasteiger charge is 2.08. The molecule has 0 unspecified atom stereocenters. The van der Waals surface area contributed by atoms with E-state index in [4.69, 9.17) is 0 Å². The fraction of sp³-hybridized carbons (Fsp3) is 0. The third-order valence-corrected chi connectivity index (χ3v) is 4.47. The molecule has 0 aliphatic rings. The Bertz CT molecular complexity index is 1230. The van der Waals surface area contributed by atoms with Gasteiger partial charge in [-0.25, -0.2) is 9.67 Å². The second-order valence-electron chi connectivity index (χ2n) is 6.08. The van der Waals surface area contributed by atoms with Crippen LogP contribution in [0.4, 0.5) is 0 Å². The lowest BCUT2D eigenvalue weighted by molar-refractivity contribution is 0.969. The van der Waals surface area contributed by atoms with Crippen molar-refractivity contribution in [3.05, 3.63) is 78.8 Å². The molecule has 0 saturated carbocycles. The first-order valence-corrected chi connectivity index (χ1v) is 8.37. The SMILES string of the molecule is C(=Cn1ncc2ccc(-c3ccnc4[nH]ncc34)cc21)c1ccccc1. The number of aromatic amines is 1. The molecular formula is C21H15N5. The van der Waals surface area contributed by atoms with Gasteiger partial charge in [0, 0.05) is 23.2 Å². The second-order valence-corrected chi connectivity index (χ2v) is 6.08. The first-order valence-electron chi connectivity index (χ1n) is 8.37. The van der Waals surface area contributed by atoms with Crippen LogP contribution in [0.3, 0.4) is 0 Å². The highest BCUT2D eigenvalue weighted by Crippen LogP contribution is 2.29. The van der Waals surface area contributed by atoms with Crippen LogP contribution in [0.5, 0.6) is 0 Å². The van der Waals surface area contributed by atoms with Gasteiger partial charge < -0.3 is 0 Å². The number of hydrogen-bond donors (Lipinski definition) is 1. The molecule has 0 radical (unpaired) electrons. The van der Waals surface area contributed by atoms with Crippen molar-refractivity contribution in [2.45, 2.75) is 0 Å². The molecule has 26 heavy (non-hydrogen) atoms. The molecule has 3 heterocycles. The number of pyridine rings is 1. The molecule has 0 aliphatic heterocycles. The number of nitrogens with zero attached hydrogens (tertiary/aromatic N) is 4. The van der Waals surface area contributed by atoms with Crippen LogP contribution in [-0.4, -0.2) is 25.0 Å². The van der Waals surface area contributed by atoms with Gasteiger partial charge in [0.2, 0.25) is 0 Å². The summed E-state index contributed by atoms with van der Waals surface area (Å²) in [7, 11) is 0. The zero-order chi connectivity index (χ0) is 17.3. The first kappa shape index (κ1) is 14.6. The average Bonchev–Trinajstić information content (AvgIpc) is 3.33. The van der Waals surface area contributed by atoms with E-state index in [0.29, 0.717) is 0 Å². The summed E-state index contributed by atoms with van der Waals surface area (Å²) in [4.78, 5) is 4.31. The highest BCUT2D eigenvalue weighted by atomic mass is 15.3. The Hall–Kier alpha value is -3.73. The van der Waals surface area contributed by atoms with Crippen molar-refractivity contribution in [1.29, 1.82) is 0 Å². The second kappa shape index (κ2) is 5.97. The number of fused-ring (bicyclic) bond motifs is 2. The van der Waals surface area contributed by atoms with E-state index in [1.54, 1.807) is 6.20 Å². The van der Waals surface area contributed by atoms with Crippen LogP contribution in [0, 0.1) is 0 Å². The molecule has 5 heteroatoms. The number of hydrogen-bond acceptors (Lipinski definition) is 3. The molecule has 5 nitrogen and oxygen atoms in total. The van der Waals surface area contributed by atoms with Crippen LogP contribution in [0.1, 0.15) is 5.56 Å². The van der Waals surface area contributed by atoms with Crippen LogP contribution in [0.15, 0.2) is 73.2 Å². The van der Waals surface area contributed by atoms with Gasteiger partial charge in [-0.1, -0.05) is 42.5 Å². The lowest BCUT2D eigenvalue weighted by atomic mass is 10.0. The summed E-state index contributed by atoms with van der Waals surface area (Å²) in [5.41, 5.74) is 5.20. The van der Waals surface area contributed by atoms with E-state index in [2.05, 4.69) is 56.7 Å². The van der Waals surface area contributed by atoms with E-state index >= 15 is 0 Å². The van der Waals surface area contributed by atoms with E-state index < -0.39 is 0 Å². The Morgan fingerprint density at radius 1 is 0.962 bits per heavy atom. The van der Waals surface area contributed by atoms with Crippen molar-refractivity contribution in [3.63, 3.8) is 0 Å². The summed E-state index contributed by atoms with van der Waals surface area (Å²) in [6, 6.07) is 18.6. The lowest BCUT2D eigenvalue weighted by Crippen LogP contribution is -1.89. The minimum absolute atomic E-state index is 0.792. The first-order chi connectivity index (χ1) is 12.9. The molecule has 5 rings (SSSR count). The standard InChI is InChI=1S/C21H15N5/c1-2-4-15(5-3-1)9-11-26-20-12-16(6-7-17(20)13-24-26)18-8-10-22-21-19(18)14-23-25-21/h1-14H,(H,22,23,25). The molecule has 0 saturated heterocycles. The molecule has 0 amide bonds. The van der Waals surface area contributed by atoms with Crippen LogP contribution >= 0.6 is 0 Å². The normalized spacial score (nSPS) is 11.7. The zero-order valence-corrected chi connectivity index (χ0v) is 13.9. The Morgan fingerprint density at radius 3 is 2.81 bits per heavy atom. The molecule has 0 bridgehead atoms. The minimum atomic E-state index is 0.792.